The summed E-state index contributed by atoms with van der Waals surface area (Å²) in [6.45, 7) is -0.374. The molecule has 0 aliphatic rings. The summed E-state index contributed by atoms with van der Waals surface area (Å²) in [5, 5.41) is 4.78. The normalized spacial score (nSPS) is 10.7. The van der Waals surface area contributed by atoms with Crippen LogP contribution >= 0.6 is 23.2 Å². The lowest BCUT2D eigenvalue weighted by Gasteiger charge is -2.11. The molecule has 0 fully saturated rings. The highest BCUT2D eigenvalue weighted by atomic mass is 35.5. The highest BCUT2D eigenvalue weighted by Crippen LogP contribution is 2.26. The van der Waals surface area contributed by atoms with Crippen molar-refractivity contribution in [3.05, 3.63) is 124 Å². The molecule has 8 nitrogen and oxygen atoms in total. The van der Waals surface area contributed by atoms with Crippen LogP contribution in [0.25, 0.3) is 0 Å². The van der Waals surface area contributed by atoms with Gasteiger partial charge in [0.05, 0.1) is 17.3 Å². The van der Waals surface area contributed by atoms with Gasteiger partial charge in [0, 0.05) is 21.7 Å². The number of halogens is 3. The van der Waals surface area contributed by atoms with Gasteiger partial charge < -0.3 is 14.2 Å². The Morgan fingerprint density at radius 1 is 0.750 bits per heavy atom. The van der Waals surface area contributed by atoms with Gasteiger partial charge in [-0.05, 0) is 84.9 Å². The lowest BCUT2D eigenvalue weighted by atomic mass is 10.2. The van der Waals surface area contributed by atoms with E-state index in [9.17, 15) is 18.8 Å². The van der Waals surface area contributed by atoms with Crippen molar-refractivity contribution in [2.45, 2.75) is 0 Å². The summed E-state index contributed by atoms with van der Waals surface area (Å²) in [5.74, 6) is -1.98. The van der Waals surface area contributed by atoms with E-state index in [0.717, 1.165) is 0 Å². The zero-order valence-corrected chi connectivity index (χ0v) is 22.0. The fourth-order valence-electron chi connectivity index (χ4n) is 3.16. The SMILES string of the molecule is O=C(COc1ccc(F)cc1)NN=Cc1ccc(OC(=O)c2ccc(Cl)cc2)cc1OC(=O)c1ccc(Cl)cc1. The van der Waals surface area contributed by atoms with Gasteiger partial charge in [-0.25, -0.2) is 19.4 Å². The van der Waals surface area contributed by atoms with E-state index >= 15 is 0 Å². The number of nitrogens with one attached hydrogen (secondary N) is 1. The second kappa shape index (κ2) is 13.4. The largest absolute Gasteiger partial charge is 0.484 e. The van der Waals surface area contributed by atoms with Crippen molar-refractivity contribution in [3.8, 4) is 17.2 Å². The molecule has 202 valence electrons. The maximum Gasteiger partial charge on any atom is 0.343 e. The predicted molar refractivity (Wildman–Crippen MR) is 147 cm³/mol. The molecule has 1 amide bonds. The Morgan fingerprint density at radius 2 is 1.30 bits per heavy atom. The summed E-state index contributed by atoms with van der Waals surface area (Å²) < 4.78 is 29.2. The summed E-state index contributed by atoms with van der Waals surface area (Å²) in [7, 11) is 0. The average Bonchev–Trinajstić information content (AvgIpc) is 2.94. The third-order valence-electron chi connectivity index (χ3n) is 5.13. The Labute approximate surface area is 237 Å². The van der Waals surface area contributed by atoms with Gasteiger partial charge in [0.1, 0.15) is 23.1 Å². The third-order valence-corrected chi connectivity index (χ3v) is 5.64. The Morgan fingerprint density at radius 3 is 1.90 bits per heavy atom. The fourth-order valence-corrected chi connectivity index (χ4v) is 3.41. The summed E-state index contributed by atoms with van der Waals surface area (Å²) in [6, 6.07) is 21.6. The maximum absolute atomic E-state index is 13.0. The molecule has 0 atom stereocenters. The number of ether oxygens (including phenoxy) is 3. The van der Waals surface area contributed by atoms with Crippen LogP contribution in [0, 0.1) is 5.82 Å². The van der Waals surface area contributed by atoms with Crippen LogP contribution in [-0.2, 0) is 4.79 Å². The van der Waals surface area contributed by atoms with Crippen LogP contribution in [0.5, 0.6) is 17.2 Å². The molecular weight excluding hydrogens is 562 g/mol. The minimum atomic E-state index is -0.704. The maximum atomic E-state index is 13.0. The zero-order chi connectivity index (χ0) is 28.5. The minimum absolute atomic E-state index is 0.00178. The van der Waals surface area contributed by atoms with Crippen LogP contribution < -0.4 is 19.6 Å². The number of carbonyl (C=O) groups is 3. The molecule has 0 bridgehead atoms. The van der Waals surface area contributed by atoms with E-state index in [0.29, 0.717) is 15.8 Å². The highest BCUT2D eigenvalue weighted by molar-refractivity contribution is 6.31. The number of rotatable bonds is 9. The summed E-state index contributed by atoms with van der Waals surface area (Å²) in [4.78, 5) is 37.4. The second-order valence-corrected chi connectivity index (χ2v) is 8.90. The summed E-state index contributed by atoms with van der Waals surface area (Å²) >= 11 is 11.8. The first-order valence-electron chi connectivity index (χ1n) is 11.6. The lowest BCUT2D eigenvalue weighted by Crippen LogP contribution is -2.24. The van der Waals surface area contributed by atoms with Crippen LogP contribution in [0.3, 0.4) is 0 Å². The molecule has 4 aromatic rings. The quantitative estimate of drug-likeness (QED) is 0.111. The Bertz CT molecular complexity index is 1540. The molecule has 0 aliphatic heterocycles. The van der Waals surface area contributed by atoms with Gasteiger partial charge >= 0.3 is 11.9 Å². The molecule has 11 heteroatoms. The molecule has 1 N–H and O–H groups in total. The monoisotopic (exact) mass is 580 g/mol. The van der Waals surface area contributed by atoms with Crippen molar-refractivity contribution in [2.24, 2.45) is 5.10 Å². The van der Waals surface area contributed by atoms with Crippen molar-refractivity contribution < 1.29 is 33.0 Å². The van der Waals surface area contributed by atoms with E-state index in [1.165, 1.54) is 85.1 Å². The van der Waals surface area contributed by atoms with E-state index in [-0.39, 0.29) is 34.8 Å². The van der Waals surface area contributed by atoms with E-state index < -0.39 is 23.7 Å². The number of hydrogen-bond donors (Lipinski definition) is 1. The first-order valence-corrected chi connectivity index (χ1v) is 12.3. The number of nitrogens with zero attached hydrogens (tertiary/aromatic N) is 1. The first kappa shape index (κ1) is 28.3. The van der Waals surface area contributed by atoms with Crippen LogP contribution in [0.4, 0.5) is 4.39 Å². The van der Waals surface area contributed by atoms with E-state index in [4.69, 9.17) is 37.4 Å². The van der Waals surface area contributed by atoms with Crippen molar-refractivity contribution in [2.75, 3.05) is 6.61 Å². The Balaban J connectivity index is 1.48. The molecule has 0 aliphatic carbocycles. The van der Waals surface area contributed by atoms with E-state index in [2.05, 4.69) is 10.5 Å². The van der Waals surface area contributed by atoms with Crippen molar-refractivity contribution in [3.63, 3.8) is 0 Å². The van der Waals surface area contributed by atoms with E-state index in [1.807, 2.05) is 0 Å². The van der Waals surface area contributed by atoms with Crippen molar-refractivity contribution in [1.82, 2.24) is 5.43 Å². The average molecular weight is 581 g/mol. The molecular formula is C29H19Cl2FN2O6. The lowest BCUT2D eigenvalue weighted by molar-refractivity contribution is -0.123. The number of benzene rings is 4. The fraction of sp³-hybridized carbons (Fsp3) is 0.0345. The molecule has 0 spiro atoms. The number of esters is 2. The van der Waals surface area contributed by atoms with Crippen molar-refractivity contribution >= 4 is 47.3 Å². The minimum Gasteiger partial charge on any atom is -0.484 e. The third kappa shape index (κ3) is 8.13. The smallest absolute Gasteiger partial charge is 0.343 e. The topological polar surface area (TPSA) is 103 Å². The molecule has 0 saturated heterocycles. The zero-order valence-electron chi connectivity index (χ0n) is 20.5. The number of amides is 1. The molecule has 0 saturated carbocycles. The predicted octanol–water partition coefficient (Wildman–Crippen LogP) is 6.10. The molecule has 0 radical (unpaired) electrons. The van der Waals surface area contributed by atoms with Gasteiger partial charge in [-0.15, -0.1) is 0 Å². The molecule has 0 heterocycles. The van der Waals surface area contributed by atoms with Gasteiger partial charge in [-0.3, -0.25) is 4.79 Å². The summed E-state index contributed by atoms with van der Waals surface area (Å²) in [6.07, 6.45) is 1.24. The Hall–Kier alpha value is -4.73. The van der Waals surface area contributed by atoms with Gasteiger partial charge in [-0.2, -0.15) is 5.10 Å². The summed E-state index contributed by atoms with van der Waals surface area (Å²) in [5.41, 5.74) is 3.06. The second-order valence-electron chi connectivity index (χ2n) is 8.03. The standard InChI is InChI=1S/C29H19Cl2FN2O6/c30-21-6-1-18(2-7-21)28(36)39-25-12-5-20(26(15-25)40-29(37)19-3-8-22(31)9-4-19)16-33-34-27(35)17-38-24-13-10-23(32)11-14-24/h1-16H,17H2,(H,34,35). The Kier molecular flexibility index (Phi) is 9.45. The van der Waals surface area contributed by atoms with Crippen molar-refractivity contribution in [1.29, 1.82) is 0 Å². The van der Waals surface area contributed by atoms with Gasteiger partial charge in [0.2, 0.25) is 0 Å². The van der Waals surface area contributed by atoms with Crippen LogP contribution in [0.1, 0.15) is 26.3 Å². The van der Waals surface area contributed by atoms with E-state index in [1.54, 1.807) is 12.1 Å². The molecule has 4 rings (SSSR count). The van der Waals surface area contributed by atoms with Crippen LogP contribution in [0.15, 0.2) is 96.1 Å². The van der Waals surface area contributed by atoms with Gasteiger partial charge in [0.15, 0.2) is 6.61 Å². The molecule has 40 heavy (non-hydrogen) atoms. The number of carbonyl (C=O) groups excluding carboxylic acids is 3. The van der Waals surface area contributed by atoms with Gasteiger partial charge in [-0.1, -0.05) is 23.2 Å². The van der Waals surface area contributed by atoms with Crippen LogP contribution in [0.2, 0.25) is 10.0 Å². The molecule has 4 aromatic carbocycles. The number of hydrazone groups is 1. The highest BCUT2D eigenvalue weighted by Gasteiger charge is 2.15. The van der Waals surface area contributed by atoms with Crippen LogP contribution in [-0.4, -0.2) is 30.7 Å². The first-order chi connectivity index (χ1) is 19.3. The molecule has 0 unspecified atom stereocenters. The molecule has 0 aromatic heterocycles. The van der Waals surface area contributed by atoms with Gasteiger partial charge in [0.25, 0.3) is 5.91 Å². The number of hydrogen-bond acceptors (Lipinski definition) is 7.